The predicted octanol–water partition coefficient (Wildman–Crippen LogP) is 3.47. The number of anilines is 1. The zero-order valence-electron chi connectivity index (χ0n) is 12.5. The van der Waals surface area contributed by atoms with Gasteiger partial charge >= 0.3 is 0 Å². The van der Waals surface area contributed by atoms with Crippen LogP contribution in [0, 0.1) is 5.92 Å². The molecule has 116 valence electrons. The monoisotopic (exact) mass is 333 g/mol. The summed E-state index contributed by atoms with van der Waals surface area (Å²) in [5.74, 6) is 0.132. The number of thiazole rings is 1. The van der Waals surface area contributed by atoms with E-state index in [0.717, 1.165) is 37.2 Å². The minimum absolute atomic E-state index is 0.0574. The average Bonchev–Trinajstić information content (AvgIpc) is 3.04. The summed E-state index contributed by atoms with van der Waals surface area (Å²) in [5.41, 5.74) is 1.99. The van der Waals surface area contributed by atoms with Crippen molar-refractivity contribution in [2.75, 3.05) is 24.7 Å². The lowest BCUT2D eigenvalue weighted by Gasteiger charge is -2.21. The lowest BCUT2D eigenvalue weighted by atomic mass is 9.99. The van der Waals surface area contributed by atoms with Gasteiger partial charge in [0.25, 0.3) is 0 Å². The number of benzene rings is 1. The van der Waals surface area contributed by atoms with Gasteiger partial charge in [-0.1, -0.05) is 12.1 Å². The van der Waals surface area contributed by atoms with Crippen molar-refractivity contribution in [3.8, 4) is 11.3 Å². The van der Waals surface area contributed by atoms with E-state index in [9.17, 15) is 4.79 Å². The molecule has 6 heteroatoms. The van der Waals surface area contributed by atoms with Crippen molar-refractivity contribution in [1.29, 1.82) is 0 Å². The summed E-state index contributed by atoms with van der Waals surface area (Å²) in [6.07, 6.45) is 4.07. The van der Waals surface area contributed by atoms with Gasteiger partial charge in [0.15, 0.2) is 5.13 Å². The third-order valence-corrected chi connectivity index (χ3v) is 5.29. The lowest BCUT2D eigenvalue weighted by molar-refractivity contribution is -0.120. The molecule has 1 fully saturated rings. The second kappa shape index (κ2) is 7.26. The summed E-state index contributed by atoms with van der Waals surface area (Å²) in [4.78, 5) is 18.0. The van der Waals surface area contributed by atoms with Crippen LogP contribution in [-0.2, 0) is 4.79 Å². The van der Waals surface area contributed by atoms with Crippen LogP contribution in [-0.4, -0.2) is 30.2 Å². The Bertz CT molecular complexity index is 633. The van der Waals surface area contributed by atoms with Crippen molar-refractivity contribution in [2.45, 2.75) is 17.7 Å². The van der Waals surface area contributed by atoms with Crippen LogP contribution in [0.15, 0.2) is 34.5 Å². The Morgan fingerprint density at radius 3 is 2.91 bits per heavy atom. The van der Waals surface area contributed by atoms with Gasteiger partial charge < -0.3 is 10.6 Å². The number of aromatic nitrogens is 1. The summed E-state index contributed by atoms with van der Waals surface area (Å²) >= 11 is 3.20. The van der Waals surface area contributed by atoms with E-state index in [1.54, 1.807) is 11.8 Å². The average molecular weight is 333 g/mol. The second-order valence-electron chi connectivity index (χ2n) is 5.30. The summed E-state index contributed by atoms with van der Waals surface area (Å²) in [6.45, 7) is 1.78. The van der Waals surface area contributed by atoms with E-state index in [4.69, 9.17) is 0 Å². The fraction of sp³-hybridized carbons (Fsp3) is 0.375. The van der Waals surface area contributed by atoms with Crippen molar-refractivity contribution in [3.63, 3.8) is 0 Å². The van der Waals surface area contributed by atoms with Gasteiger partial charge in [0.2, 0.25) is 5.91 Å². The van der Waals surface area contributed by atoms with E-state index in [0.29, 0.717) is 5.13 Å². The molecule has 1 aromatic carbocycles. The van der Waals surface area contributed by atoms with E-state index in [1.807, 2.05) is 5.38 Å². The van der Waals surface area contributed by atoms with E-state index in [2.05, 4.69) is 46.1 Å². The van der Waals surface area contributed by atoms with E-state index >= 15 is 0 Å². The van der Waals surface area contributed by atoms with Crippen molar-refractivity contribution in [1.82, 2.24) is 10.3 Å². The van der Waals surface area contributed by atoms with Gasteiger partial charge in [-0.2, -0.15) is 0 Å². The molecule has 0 spiro atoms. The van der Waals surface area contributed by atoms with Crippen LogP contribution in [0.1, 0.15) is 12.8 Å². The molecule has 1 amide bonds. The maximum absolute atomic E-state index is 12.2. The molecule has 1 unspecified atom stereocenters. The predicted molar refractivity (Wildman–Crippen MR) is 93.6 cm³/mol. The molecule has 22 heavy (non-hydrogen) atoms. The summed E-state index contributed by atoms with van der Waals surface area (Å²) < 4.78 is 0. The van der Waals surface area contributed by atoms with Crippen LogP contribution >= 0.6 is 23.1 Å². The third-order valence-electron chi connectivity index (χ3n) is 3.79. The van der Waals surface area contributed by atoms with Crippen LogP contribution in [0.3, 0.4) is 0 Å². The standard InChI is InChI=1S/C16H19N3OS2/c1-21-13-6-4-11(5-7-13)14-10-22-16(18-14)19-15(20)12-3-2-8-17-9-12/h4-7,10,12,17H,2-3,8-9H2,1H3,(H,18,19,20). The van der Waals surface area contributed by atoms with Crippen LogP contribution in [0.2, 0.25) is 0 Å². The number of thioether (sulfide) groups is 1. The molecule has 2 heterocycles. The van der Waals surface area contributed by atoms with Crippen molar-refractivity contribution >= 4 is 34.1 Å². The molecule has 1 aliphatic heterocycles. The first kappa shape index (κ1) is 15.5. The number of nitrogens with one attached hydrogen (secondary N) is 2. The zero-order chi connectivity index (χ0) is 15.4. The first-order valence-electron chi connectivity index (χ1n) is 7.38. The van der Waals surface area contributed by atoms with Gasteiger partial charge in [-0.25, -0.2) is 4.98 Å². The van der Waals surface area contributed by atoms with Gasteiger partial charge in [0.05, 0.1) is 11.6 Å². The SMILES string of the molecule is CSc1ccc(-c2csc(NC(=O)C3CCCNC3)n2)cc1. The molecule has 0 bridgehead atoms. The van der Waals surface area contributed by atoms with E-state index in [-0.39, 0.29) is 11.8 Å². The van der Waals surface area contributed by atoms with Gasteiger partial charge in [-0.05, 0) is 37.8 Å². The van der Waals surface area contributed by atoms with Crippen molar-refractivity contribution < 1.29 is 4.79 Å². The fourth-order valence-corrected chi connectivity index (χ4v) is 3.64. The molecule has 1 aliphatic rings. The molecule has 3 rings (SSSR count). The second-order valence-corrected chi connectivity index (χ2v) is 7.04. The smallest absolute Gasteiger partial charge is 0.230 e. The van der Waals surface area contributed by atoms with Gasteiger partial charge in [0.1, 0.15) is 0 Å². The number of carbonyl (C=O) groups excluding carboxylic acids is 1. The van der Waals surface area contributed by atoms with Crippen molar-refractivity contribution in [2.24, 2.45) is 5.92 Å². The normalized spacial score (nSPS) is 18.1. The highest BCUT2D eigenvalue weighted by Gasteiger charge is 2.21. The fourth-order valence-electron chi connectivity index (χ4n) is 2.51. The molecule has 0 aliphatic carbocycles. The van der Waals surface area contributed by atoms with Gasteiger partial charge in [-0.15, -0.1) is 23.1 Å². The lowest BCUT2D eigenvalue weighted by Crippen LogP contribution is -2.37. The molecule has 0 saturated carbocycles. The number of rotatable bonds is 4. The number of amides is 1. The first-order valence-corrected chi connectivity index (χ1v) is 9.48. The molecule has 1 saturated heterocycles. The largest absolute Gasteiger partial charge is 0.316 e. The van der Waals surface area contributed by atoms with Crippen LogP contribution in [0.5, 0.6) is 0 Å². The summed E-state index contributed by atoms with van der Waals surface area (Å²) in [5, 5.41) is 8.88. The van der Waals surface area contributed by atoms with E-state index in [1.165, 1.54) is 16.2 Å². The molecule has 0 radical (unpaired) electrons. The quantitative estimate of drug-likeness (QED) is 0.841. The number of carbonyl (C=O) groups is 1. The number of hydrogen-bond acceptors (Lipinski definition) is 5. The highest BCUT2D eigenvalue weighted by molar-refractivity contribution is 7.98. The van der Waals surface area contributed by atoms with E-state index < -0.39 is 0 Å². The van der Waals surface area contributed by atoms with Crippen LogP contribution < -0.4 is 10.6 Å². The molecule has 4 nitrogen and oxygen atoms in total. The third kappa shape index (κ3) is 3.69. The number of nitrogens with zero attached hydrogens (tertiary/aromatic N) is 1. The van der Waals surface area contributed by atoms with Gasteiger partial charge in [0, 0.05) is 22.4 Å². The Morgan fingerprint density at radius 2 is 2.23 bits per heavy atom. The molecule has 1 atom stereocenters. The Kier molecular flexibility index (Phi) is 5.12. The zero-order valence-corrected chi connectivity index (χ0v) is 14.1. The minimum atomic E-state index is 0.0574. The Labute approximate surface area is 138 Å². The Morgan fingerprint density at radius 1 is 1.41 bits per heavy atom. The Balaban J connectivity index is 1.66. The number of hydrogen-bond donors (Lipinski definition) is 2. The highest BCUT2D eigenvalue weighted by atomic mass is 32.2. The molecule has 2 N–H and O–H groups in total. The molecule has 2 aromatic rings. The number of piperidine rings is 1. The first-order chi connectivity index (χ1) is 10.8. The molecular formula is C16H19N3OS2. The minimum Gasteiger partial charge on any atom is -0.316 e. The summed E-state index contributed by atoms with van der Waals surface area (Å²) in [6, 6.07) is 8.31. The highest BCUT2D eigenvalue weighted by Crippen LogP contribution is 2.27. The summed E-state index contributed by atoms with van der Waals surface area (Å²) in [7, 11) is 0. The molecule has 1 aromatic heterocycles. The maximum atomic E-state index is 12.2. The van der Waals surface area contributed by atoms with Crippen LogP contribution in [0.4, 0.5) is 5.13 Å². The maximum Gasteiger partial charge on any atom is 0.230 e. The topological polar surface area (TPSA) is 54.0 Å². The Hall–Kier alpha value is -1.37. The van der Waals surface area contributed by atoms with Crippen molar-refractivity contribution in [3.05, 3.63) is 29.6 Å². The van der Waals surface area contributed by atoms with Crippen LogP contribution in [0.25, 0.3) is 11.3 Å². The molecular weight excluding hydrogens is 314 g/mol. The van der Waals surface area contributed by atoms with Gasteiger partial charge in [-0.3, -0.25) is 4.79 Å².